The summed E-state index contributed by atoms with van der Waals surface area (Å²) in [4.78, 5) is 11.8. The fourth-order valence-electron chi connectivity index (χ4n) is 4.62. The van der Waals surface area contributed by atoms with Crippen molar-refractivity contribution in [3.05, 3.63) is 4.13 Å². The summed E-state index contributed by atoms with van der Waals surface area (Å²) in [6.45, 7) is -1.30. The van der Waals surface area contributed by atoms with Gasteiger partial charge in [-0.15, -0.1) is 0 Å². The van der Waals surface area contributed by atoms with Gasteiger partial charge in [0.2, 0.25) is 10.3 Å². The first-order valence-electron chi connectivity index (χ1n) is 8.06. The third kappa shape index (κ3) is 4.39. The number of halogens is 3. The van der Waals surface area contributed by atoms with Crippen molar-refractivity contribution in [3.8, 4) is 0 Å². The van der Waals surface area contributed by atoms with Gasteiger partial charge in [0, 0.05) is 0 Å². The molecule has 2 unspecified atom stereocenters. The van der Waals surface area contributed by atoms with E-state index >= 15 is 0 Å². The Labute approximate surface area is 153 Å². The number of nitrogens with zero attached hydrogens (tertiary/aromatic N) is 1. The first-order chi connectivity index (χ1) is 12.2. The molecule has 27 heavy (non-hydrogen) atoms. The molecule has 0 amide bonds. The normalized spacial score (nSPS) is 36.0. The Morgan fingerprint density at radius 1 is 1.11 bits per heavy atom. The first kappa shape index (κ1) is 20.8. The Morgan fingerprint density at radius 2 is 1.67 bits per heavy atom. The zero-order valence-electron chi connectivity index (χ0n) is 13.8. The average Bonchev–Trinajstić information content (AvgIpc) is 2.45. The molecule has 4 saturated carbocycles. The van der Waals surface area contributed by atoms with Crippen molar-refractivity contribution in [3.63, 3.8) is 0 Å². The van der Waals surface area contributed by atoms with Crippen LogP contribution < -0.4 is 0 Å². The van der Waals surface area contributed by atoms with Gasteiger partial charge in [0.15, 0.2) is 16.6 Å². The zero-order chi connectivity index (χ0) is 20.3. The van der Waals surface area contributed by atoms with E-state index in [1.807, 2.05) is 0 Å². The fraction of sp³-hybridized carbons (Fsp3) is 0.923. The molecule has 0 aromatic rings. The van der Waals surface area contributed by atoms with E-state index in [1.165, 1.54) is 0 Å². The first-order valence-corrected chi connectivity index (χ1v) is 10.9. The molecule has 2 atom stereocenters. The van der Waals surface area contributed by atoms with E-state index in [0.29, 0.717) is 25.2 Å². The van der Waals surface area contributed by atoms with Crippen molar-refractivity contribution in [2.24, 2.45) is 17.8 Å². The summed E-state index contributed by atoms with van der Waals surface area (Å²) in [5.41, 5.74) is -6.69. The highest BCUT2D eigenvalue weighted by Gasteiger charge is 2.56. The Balaban J connectivity index is 1.55. The standard InChI is InChI=1S/C13H17F3NO8S2/c14-13(15,16)26(20,21)17-27(22,23)24-6-10(18)25-11-8-1-7-2-9(11)5-12(19,3-7)4-8/h7-9,11,19H,1-6H2/q-1. The highest BCUT2D eigenvalue weighted by Crippen LogP contribution is 2.56. The van der Waals surface area contributed by atoms with Gasteiger partial charge in [-0.1, -0.05) is 0 Å². The molecule has 4 bridgehead atoms. The molecule has 4 aliphatic rings. The second-order valence-electron chi connectivity index (χ2n) is 7.33. The van der Waals surface area contributed by atoms with Crippen LogP contribution in [0.5, 0.6) is 0 Å². The van der Waals surface area contributed by atoms with Gasteiger partial charge in [-0.05, 0) is 49.9 Å². The van der Waals surface area contributed by atoms with Gasteiger partial charge in [-0.3, -0.25) is 4.18 Å². The number of hydrogen-bond donors (Lipinski definition) is 1. The van der Waals surface area contributed by atoms with E-state index in [1.54, 1.807) is 4.13 Å². The number of ether oxygens (including phenoxy) is 1. The maximum atomic E-state index is 12.2. The molecule has 0 aromatic carbocycles. The lowest BCUT2D eigenvalue weighted by Crippen LogP contribution is -2.58. The molecule has 4 aliphatic carbocycles. The molecule has 0 aromatic heterocycles. The molecule has 0 radical (unpaired) electrons. The number of carbonyl (C=O) groups excluding carboxylic acids is 1. The summed E-state index contributed by atoms with van der Waals surface area (Å²) in [5, 5.41) is 10.4. The van der Waals surface area contributed by atoms with Crippen LogP contribution in [0.4, 0.5) is 13.2 Å². The quantitative estimate of drug-likeness (QED) is 0.608. The second-order valence-corrected chi connectivity index (χ2v) is 10.4. The van der Waals surface area contributed by atoms with Crippen LogP contribution in [-0.2, 0) is 34.0 Å². The van der Waals surface area contributed by atoms with Gasteiger partial charge < -0.3 is 14.0 Å². The smallest absolute Gasteiger partial charge is 0.460 e. The van der Waals surface area contributed by atoms with E-state index in [9.17, 15) is 39.9 Å². The Kier molecular flexibility index (Phi) is 5.03. The summed E-state index contributed by atoms with van der Waals surface area (Å²) in [6.07, 6.45) is 2.59. The summed E-state index contributed by atoms with van der Waals surface area (Å²) >= 11 is 0. The van der Waals surface area contributed by atoms with Crippen molar-refractivity contribution in [2.45, 2.75) is 49.3 Å². The fourth-order valence-corrected chi connectivity index (χ4v) is 6.34. The van der Waals surface area contributed by atoms with Gasteiger partial charge in [-0.25, -0.2) is 21.6 Å². The molecule has 0 spiro atoms. The van der Waals surface area contributed by atoms with E-state index < -0.39 is 50.1 Å². The largest absolute Gasteiger partial charge is 0.480 e. The molecule has 9 nitrogen and oxygen atoms in total. The van der Waals surface area contributed by atoms with Crippen LogP contribution in [0.25, 0.3) is 4.13 Å². The van der Waals surface area contributed by atoms with Crippen molar-refractivity contribution in [1.29, 1.82) is 0 Å². The summed E-state index contributed by atoms with van der Waals surface area (Å²) in [7, 11) is -11.8. The minimum atomic E-state index is -6.32. The van der Waals surface area contributed by atoms with Crippen LogP contribution in [-0.4, -0.2) is 51.7 Å². The maximum absolute atomic E-state index is 12.2. The lowest BCUT2D eigenvalue weighted by Gasteiger charge is -2.57. The molecule has 1 N–H and O–H groups in total. The topological polar surface area (TPSA) is 138 Å². The van der Waals surface area contributed by atoms with E-state index in [-0.39, 0.29) is 11.8 Å². The molecule has 14 heteroatoms. The van der Waals surface area contributed by atoms with Crippen LogP contribution in [0.1, 0.15) is 32.1 Å². The van der Waals surface area contributed by atoms with Gasteiger partial charge >= 0.3 is 11.5 Å². The number of esters is 1. The van der Waals surface area contributed by atoms with Crippen LogP contribution in [0.15, 0.2) is 0 Å². The minimum Gasteiger partial charge on any atom is -0.460 e. The lowest BCUT2D eigenvalue weighted by molar-refractivity contribution is -0.199. The molecular formula is C13H17F3NO8S2-. The number of rotatable bonds is 6. The van der Waals surface area contributed by atoms with Crippen molar-refractivity contribution in [2.75, 3.05) is 6.61 Å². The van der Waals surface area contributed by atoms with E-state index in [4.69, 9.17) is 4.74 Å². The summed E-state index contributed by atoms with van der Waals surface area (Å²) in [5.74, 6) is -0.998. The molecule has 0 heterocycles. The maximum Gasteiger partial charge on any atom is 0.480 e. The molecule has 4 fully saturated rings. The van der Waals surface area contributed by atoms with Crippen LogP contribution in [0.3, 0.4) is 0 Å². The average molecular weight is 436 g/mol. The highest BCUT2D eigenvalue weighted by atomic mass is 32.3. The molecule has 4 rings (SSSR count). The van der Waals surface area contributed by atoms with Gasteiger partial charge in [-0.2, -0.15) is 13.2 Å². The SMILES string of the molecule is O=C(COS(=O)(=O)[N-]S(=O)(=O)C(F)(F)F)OC1C2CC3CC1CC(O)(C3)C2. The number of aliphatic hydroxyl groups is 1. The predicted molar refractivity (Wildman–Crippen MR) is 81.6 cm³/mol. The summed E-state index contributed by atoms with van der Waals surface area (Å²) < 4.78 is 91.3. The summed E-state index contributed by atoms with van der Waals surface area (Å²) in [6, 6.07) is 0. The van der Waals surface area contributed by atoms with Crippen molar-refractivity contribution in [1.82, 2.24) is 0 Å². The van der Waals surface area contributed by atoms with Crippen molar-refractivity contribution >= 4 is 26.3 Å². The third-order valence-electron chi connectivity index (χ3n) is 5.23. The van der Waals surface area contributed by atoms with Gasteiger partial charge in [0.25, 0.3) is 0 Å². The van der Waals surface area contributed by atoms with E-state index in [0.717, 1.165) is 12.8 Å². The number of sulfonamides is 1. The number of alkyl halides is 3. The second kappa shape index (κ2) is 6.54. The molecular weight excluding hydrogens is 419 g/mol. The van der Waals surface area contributed by atoms with E-state index in [2.05, 4.69) is 4.18 Å². The Bertz CT molecular complexity index is 809. The number of carbonyl (C=O) groups is 1. The van der Waals surface area contributed by atoms with Crippen LogP contribution in [0.2, 0.25) is 0 Å². The van der Waals surface area contributed by atoms with Crippen molar-refractivity contribution < 1.29 is 48.8 Å². The molecule has 156 valence electrons. The zero-order valence-corrected chi connectivity index (χ0v) is 15.4. The number of hydrogen-bond acceptors (Lipinski definition) is 8. The lowest BCUT2D eigenvalue weighted by atomic mass is 9.53. The Morgan fingerprint density at radius 3 is 2.15 bits per heavy atom. The van der Waals surface area contributed by atoms with Crippen LogP contribution in [0, 0.1) is 17.8 Å². The Hall–Kier alpha value is -0.960. The van der Waals surface area contributed by atoms with Gasteiger partial charge in [0.05, 0.1) is 5.60 Å². The molecule has 0 saturated heterocycles. The van der Waals surface area contributed by atoms with Gasteiger partial charge in [0.1, 0.15) is 6.10 Å². The molecule has 0 aliphatic heterocycles. The van der Waals surface area contributed by atoms with Crippen LogP contribution >= 0.6 is 0 Å². The minimum absolute atomic E-state index is 0.0860. The monoisotopic (exact) mass is 436 g/mol. The predicted octanol–water partition coefficient (Wildman–Crippen LogP) is 0.954. The third-order valence-corrected chi connectivity index (χ3v) is 7.75. The highest BCUT2D eigenvalue weighted by molar-refractivity contribution is 8.10.